The van der Waals surface area contributed by atoms with Gasteiger partial charge in [0.05, 0.1) is 12.7 Å². The fourth-order valence-electron chi connectivity index (χ4n) is 0.905. The van der Waals surface area contributed by atoms with Crippen LogP contribution in [0.2, 0.25) is 0 Å². The van der Waals surface area contributed by atoms with Crippen LogP contribution in [0.3, 0.4) is 0 Å². The summed E-state index contributed by atoms with van der Waals surface area (Å²) in [7, 11) is 1.80. The number of carbonyl (C=O) groups excluding carboxylic acids is 1. The number of hydrogen-bond donors (Lipinski definition) is 1. The van der Waals surface area contributed by atoms with Crippen LogP contribution >= 0.6 is 0 Å². The molecule has 4 nitrogen and oxygen atoms in total. The lowest BCUT2D eigenvalue weighted by Gasteiger charge is -2.06. The molecule has 0 aliphatic carbocycles. The summed E-state index contributed by atoms with van der Waals surface area (Å²) in [6, 6.07) is 6.46. The molecule has 1 aromatic rings. The van der Waals surface area contributed by atoms with Crippen molar-refractivity contribution in [2.24, 2.45) is 0 Å². The lowest BCUT2D eigenvalue weighted by molar-refractivity contribution is 0.0598. The largest absolute Gasteiger partial charge is 0.569 e. The molecule has 0 aliphatic rings. The van der Waals surface area contributed by atoms with Crippen molar-refractivity contribution in [3.63, 3.8) is 0 Å². The molecule has 5 heteroatoms. The molecule has 0 saturated heterocycles. The highest BCUT2D eigenvalue weighted by Gasteiger charge is 2.11. The Bertz CT molecular complexity index is 300. The van der Waals surface area contributed by atoms with Crippen molar-refractivity contribution in [3.05, 3.63) is 29.8 Å². The summed E-state index contributed by atoms with van der Waals surface area (Å²) < 4.78 is 9.20. The van der Waals surface area contributed by atoms with E-state index < -0.39 is 5.97 Å². The van der Waals surface area contributed by atoms with Gasteiger partial charge in [0.25, 0.3) is 0 Å². The van der Waals surface area contributed by atoms with Crippen molar-refractivity contribution in [3.8, 4) is 5.75 Å². The molecule has 0 amide bonds. The second kappa shape index (κ2) is 4.52. The minimum Gasteiger partial charge on any atom is -0.537 e. The summed E-state index contributed by atoms with van der Waals surface area (Å²) in [5.74, 6) is -0.241. The second-order valence-corrected chi connectivity index (χ2v) is 2.21. The van der Waals surface area contributed by atoms with E-state index in [9.17, 15) is 4.79 Å². The zero-order valence-corrected chi connectivity index (χ0v) is 7.06. The lowest BCUT2D eigenvalue weighted by atomic mass is 10.2. The Balaban J connectivity index is 2.97. The molecule has 0 saturated carbocycles. The van der Waals surface area contributed by atoms with Gasteiger partial charge >= 0.3 is 13.7 Å². The van der Waals surface area contributed by atoms with Crippen LogP contribution < -0.4 is 4.65 Å². The molecule has 1 N–H and O–H groups in total. The first-order valence-corrected chi connectivity index (χ1v) is 3.59. The number of benzene rings is 1. The summed E-state index contributed by atoms with van der Waals surface area (Å²) in [4.78, 5) is 11.1. The van der Waals surface area contributed by atoms with Gasteiger partial charge < -0.3 is 14.4 Å². The minimum atomic E-state index is -0.502. The molecule has 0 heterocycles. The normalized spacial score (nSPS) is 9.08. The van der Waals surface area contributed by atoms with E-state index in [1.807, 2.05) is 0 Å². The summed E-state index contributed by atoms with van der Waals surface area (Å²) in [5.41, 5.74) is 0.273. The van der Waals surface area contributed by atoms with Crippen LogP contribution in [0.1, 0.15) is 10.4 Å². The molecule has 1 radical (unpaired) electrons. The van der Waals surface area contributed by atoms with Crippen LogP contribution in [0.25, 0.3) is 0 Å². The fourth-order valence-corrected chi connectivity index (χ4v) is 0.905. The molecular formula is C8H8BO4. The van der Waals surface area contributed by atoms with Crippen molar-refractivity contribution in [2.45, 2.75) is 0 Å². The Kier molecular flexibility index (Phi) is 3.34. The van der Waals surface area contributed by atoms with Gasteiger partial charge in [-0.15, -0.1) is 0 Å². The van der Waals surface area contributed by atoms with E-state index in [1.54, 1.807) is 24.3 Å². The van der Waals surface area contributed by atoms with Crippen LogP contribution in [0.5, 0.6) is 5.75 Å². The first-order chi connectivity index (χ1) is 6.29. The quantitative estimate of drug-likeness (QED) is 0.538. The Morgan fingerprint density at radius 1 is 1.46 bits per heavy atom. The highest BCUT2D eigenvalue weighted by molar-refractivity contribution is 6.17. The smallest absolute Gasteiger partial charge is 0.537 e. The van der Waals surface area contributed by atoms with Gasteiger partial charge in [-0.05, 0) is 12.1 Å². The molecule has 0 unspecified atom stereocenters. The molecular weight excluding hydrogens is 171 g/mol. The predicted molar refractivity (Wildman–Crippen MR) is 46.4 cm³/mol. The lowest BCUT2D eigenvalue weighted by Crippen LogP contribution is -2.07. The number of para-hydroxylation sites is 1. The number of carbonyl (C=O) groups is 1. The maximum atomic E-state index is 11.1. The van der Waals surface area contributed by atoms with Crippen LogP contribution in [-0.2, 0) is 4.74 Å². The van der Waals surface area contributed by atoms with Crippen molar-refractivity contribution in [2.75, 3.05) is 7.11 Å². The molecule has 0 aliphatic heterocycles. The highest BCUT2D eigenvalue weighted by atomic mass is 16.5. The van der Waals surface area contributed by atoms with Crippen molar-refractivity contribution in [1.82, 2.24) is 0 Å². The second-order valence-electron chi connectivity index (χ2n) is 2.21. The Hall–Kier alpha value is -1.49. The summed E-state index contributed by atoms with van der Waals surface area (Å²) in [6.07, 6.45) is 0. The van der Waals surface area contributed by atoms with Crippen molar-refractivity contribution >= 4 is 13.7 Å². The van der Waals surface area contributed by atoms with E-state index in [2.05, 4.69) is 9.39 Å². The molecule has 1 aromatic carbocycles. The molecule has 0 aromatic heterocycles. The van der Waals surface area contributed by atoms with Gasteiger partial charge in [-0.3, -0.25) is 0 Å². The zero-order chi connectivity index (χ0) is 9.68. The number of hydrogen-bond acceptors (Lipinski definition) is 4. The number of rotatable bonds is 3. The van der Waals surface area contributed by atoms with Gasteiger partial charge in [-0.2, -0.15) is 0 Å². The number of ether oxygens (including phenoxy) is 1. The van der Waals surface area contributed by atoms with Crippen molar-refractivity contribution in [1.29, 1.82) is 0 Å². The SMILES string of the molecule is COC(=O)c1ccccc1O[B]O. The first-order valence-electron chi connectivity index (χ1n) is 3.59. The molecule has 67 valence electrons. The zero-order valence-electron chi connectivity index (χ0n) is 7.06. The molecule has 0 atom stereocenters. The maximum Gasteiger partial charge on any atom is 0.569 e. The van der Waals surface area contributed by atoms with Crippen LogP contribution in [0.4, 0.5) is 0 Å². The van der Waals surface area contributed by atoms with E-state index in [4.69, 9.17) is 5.02 Å². The van der Waals surface area contributed by atoms with E-state index in [0.29, 0.717) is 7.69 Å². The fraction of sp³-hybridized carbons (Fsp3) is 0.125. The van der Waals surface area contributed by atoms with Gasteiger partial charge in [-0.1, -0.05) is 12.1 Å². The summed E-state index contributed by atoms with van der Waals surface area (Å²) in [5, 5.41) is 8.40. The average molecular weight is 179 g/mol. The Labute approximate surface area is 76.4 Å². The minimum absolute atomic E-state index is 0.261. The van der Waals surface area contributed by atoms with Gasteiger partial charge in [0.2, 0.25) is 0 Å². The maximum absolute atomic E-state index is 11.1. The summed E-state index contributed by atoms with van der Waals surface area (Å²) >= 11 is 0. The standard InChI is InChI=1S/C8H8BO4/c1-12-8(10)6-4-2-3-5-7(6)13-9-11/h2-5,11H,1H3. The highest BCUT2D eigenvalue weighted by Crippen LogP contribution is 2.17. The van der Waals surface area contributed by atoms with E-state index in [0.717, 1.165) is 0 Å². The van der Waals surface area contributed by atoms with E-state index in [-0.39, 0.29) is 11.3 Å². The van der Waals surface area contributed by atoms with Gasteiger partial charge in [0, 0.05) is 0 Å². The third kappa shape index (κ3) is 2.22. The number of esters is 1. The third-order valence-electron chi connectivity index (χ3n) is 1.47. The molecule has 1 rings (SSSR count). The van der Waals surface area contributed by atoms with E-state index in [1.165, 1.54) is 7.11 Å². The molecule has 0 bridgehead atoms. The molecule has 0 fully saturated rings. The third-order valence-corrected chi connectivity index (χ3v) is 1.47. The van der Waals surface area contributed by atoms with Gasteiger partial charge in [0.15, 0.2) is 0 Å². The predicted octanol–water partition coefficient (Wildman–Crippen LogP) is 0.378. The van der Waals surface area contributed by atoms with Gasteiger partial charge in [0.1, 0.15) is 5.75 Å². The Morgan fingerprint density at radius 2 is 2.15 bits per heavy atom. The number of methoxy groups -OCH3 is 1. The average Bonchev–Trinajstić information content (AvgIpc) is 2.18. The van der Waals surface area contributed by atoms with Crippen LogP contribution in [-0.4, -0.2) is 25.8 Å². The molecule has 13 heavy (non-hydrogen) atoms. The monoisotopic (exact) mass is 179 g/mol. The van der Waals surface area contributed by atoms with Crippen molar-refractivity contribution < 1.29 is 19.2 Å². The first kappa shape index (κ1) is 9.60. The van der Waals surface area contributed by atoms with Gasteiger partial charge in [-0.25, -0.2) is 4.79 Å². The topological polar surface area (TPSA) is 55.8 Å². The van der Waals surface area contributed by atoms with E-state index >= 15 is 0 Å². The Morgan fingerprint density at radius 3 is 2.77 bits per heavy atom. The van der Waals surface area contributed by atoms with Crippen LogP contribution in [0.15, 0.2) is 24.3 Å². The molecule has 0 spiro atoms. The summed E-state index contributed by atoms with van der Waals surface area (Å²) in [6.45, 7) is 0. The van der Waals surface area contributed by atoms with Crippen LogP contribution in [0, 0.1) is 0 Å².